The lowest BCUT2D eigenvalue weighted by Crippen LogP contribution is -2.38. The van der Waals surface area contributed by atoms with Gasteiger partial charge in [0, 0.05) is 7.11 Å². The second kappa shape index (κ2) is 4.85. The average Bonchev–Trinajstić information content (AvgIpc) is 2.31. The zero-order chi connectivity index (χ0) is 13.1. The first kappa shape index (κ1) is 13.0. The fraction of sp³-hybridized carbons (Fsp3) is 0.333. The first-order valence-electron chi connectivity index (χ1n) is 5.07. The number of methoxy groups -OCH3 is 1. The van der Waals surface area contributed by atoms with Crippen molar-refractivity contribution >= 4 is 17.3 Å². The standard InChI is InChI=1S/C12H15N3O2/c1-12(2,17-3)11(16)15-10-5-4-8(7-13)6-9(10)14/h4-6H,14H2,1-3H3,(H,15,16). The van der Waals surface area contributed by atoms with Crippen molar-refractivity contribution in [2.24, 2.45) is 0 Å². The first-order valence-corrected chi connectivity index (χ1v) is 5.07. The van der Waals surface area contributed by atoms with Crippen molar-refractivity contribution in [2.45, 2.75) is 19.4 Å². The van der Waals surface area contributed by atoms with Crippen LogP contribution >= 0.6 is 0 Å². The van der Waals surface area contributed by atoms with Crippen molar-refractivity contribution in [1.82, 2.24) is 0 Å². The Morgan fingerprint density at radius 3 is 2.65 bits per heavy atom. The van der Waals surface area contributed by atoms with Crippen LogP contribution in [0.4, 0.5) is 11.4 Å². The van der Waals surface area contributed by atoms with E-state index in [-0.39, 0.29) is 5.91 Å². The van der Waals surface area contributed by atoms with Gasteiger partial charge in [-0.2, -0.15) is 5.26 Å². The van der Waals surface area contributed by atoms with E-state index in [2.05, 4.69) is 5.32 Å². The number of anilines is 2. The molecule has 17 heavy (non-hydrogen) atoms. The van der Waals surface area contributed by atoms with Crippen LogP contribution < -0.4 is 11.1 Å². The summed E-state index contributed by atoms with van der Waals surface area (Å²) in [6.07, 6.45) is 0. The number of amides is 1. The maximum absolute atomic E-state index is 11.8. The lowest BCUT2D eigenvalue weighted by atomic mass is 10.1. The van der Waals surface area contributed by atoms with Crippen LogP contribution in [0.25, 0.3) is 0 Å². The number of hydrogen-bond donors (Lipinski definition) is 2. The smallest absolute Gasteiger partial charge is 0.256 e. The molecule has 90 valence electrons. The van der Waals surface area contributed by atoms with Crippen LogP contribution in [0.15, 0.2) is 18.2 Å². The maximum atomic E-state index is 11.8. The van der Waals surface area contributed by atoms with Gasteiger partial charge in [0.25, 0.3) is 5.91 Å². The summed E-state index contributed by atoms with van der Waals surface area (Å²) < 4.78 is 5.05. The van der Waals surface area contributed by atoms with Crippen LogP contribution in [-0.2, 0) is 9.53 Å². The Balaban J connectivity index is 2.91. The van der Waals surface area contributed by atoms with Gasteiger partial charge < -0.3 is 15.8 Å². The largest absolute Gasteiger partial charge is 0.397 e. The number of nitrogens with two attached hydrogens (primary N) is 1. The van der Waals surface area contributed by atoms with Crippen LogP contribution in [0, 0.1) is 11.3 Å². The van der Waals surface area contributed by atoms with Gasteiger partial charge in [-0.05, 0) is 32.0 Å². The molecule has 0 aliphatic heterocycles. The highest BCUT2D eigenvalue weighted by Crippen LogP contribution is 2.21. The second-order valence-electron chi connectivity index (χ2n) is 4.08. The average molecular weight is 233 g/mol. The molecule has 0 unspecified atom stereocenters. The van der Waals surface area contributed by atoms with Crippen molar-refractivity contribution in [3.05, 3.63) is 23.8 Å². The van der Waals surface area contributed by atoms with Gasteiger partial charge in [-0.15, -0.1) is 0 Å². The number of nitrogens with zero attached hydrogens (tertiary/aromatic N) is 1. The molecule has 0 saturated carbocycles. The molecule has 3 N–H and O–H groups in total. The molecule has 0 aliphatic carbocycles. The minimum atomic E-state index is -0.930. The summed E-state index contributed by atoms with van der Waals surface area (Å²) in [5.41, 5.74) is 6.07. The monoisotopic (exact) mass is 233 g/mol. The van der Waals surface area contributed by atoms with Crippen molar-refractivity contribution in [3.63, 3.8) is 0 Å². The number of benzene rings is 1. The van der Waals surface area contributed by atoms with E-state index >= 15 is 0 Å². The molecule has 0 bridgehead atoms. The maximum Gasteiger partial charge on any atom is 0.256 e. The Kier molecular flexibility index (Phi) is 3.71. The quantitative estimate of drug-likeness (QED) is 0.774. The van der Waals surface area contributed by atoms with Crippen molar-refractivity contribution in [3.8, 4) is 6.07 Å². The van der Waals surface area contributed by atoms with E-state index in [1.165, 1.54) is 13.2 Å². The molecular weight excluding hydrogens is 218 g/mol. The van der Waals surface area contributed by atoms with E-state index in [0.717, 1.165) is 0 Å². The zero-order valence-electron chi connectivity index (χ0n) is 10.1. The third-order valence-electron chi connectivity index (χ3n) is 2.49. The predicted molar refractivity (Wildman–Crippen MR) is 65.3 cm³/mol. The number of nitrogen functional groups attached to an aromatic ring is 1. The fourth-order valence-electron chi connectivity index (χ4n) is 1.11. The molecule has 0 aliphatic rings. The Labute approximate surface area is 100 Å². The van der Waals surface area contributed by atoms with Crippen LogP contribution in [0.3, 0.4) is 0 Å². The normalized spacial score (nSPS) is 10.7. The summed E-state index contributed by atoms with van der Waals surface area (Å²) in [4.78, 5) is 11.8. The molecule has 0 fully saturated rings. The van der Waals surface area contributed by atoms with Crippen LogP contribution in [0.5, 0.6) is 0 Å². The van der Waals surface area contributed by atoms with E-state index < -0.39 is 5.60 Å². The Morgan fingerprint density at radius 1 is 1.53 bits per heavy atom. The van der Waals surface area contributed by atoms with Gasteiger partial charge in [-0.3, -0.25) is 4.79 Å². The molecule has 0 radical (unpaired) electrons. The van der Waals surface area contributed by atoms with E-state index in [4.69, 9.17) is 15.7 Å². The topological polar surface area (TPSA) is 88.1 Å². The fourth-order valence-corrected chi connectivity index (χ4v) is 1.11. The van der Waals surface area contributed by atoms with E-state index in [0.29, 0.717) is 16.9 Å². The third kappa shape index (κ3) is 2.95. The lowest BCUT2D eigenvalue weighted by molar-refractivity contribution is -0.133. The van der Waals surface area contributed by atoms with Gasteiger partial charge in [-0.1, -0.05) is 0 Å². The summed E-state index contributed by atoms with van der Waals surface area (Å²) in [6, 6.07) is 6.67. The molecule has 1 aromatic rings. The van der Waals surface area contributed by atoms with Gasteiger partial charge in [0.2, 0.25) is 0 Å². The molecule has 0 spiro atoms. The molecule has 0 aromatic heterocycles. The number of carbonyl (C=O) groups excluding carboxylic acids is 1. The minimum absolute atomic E-state index is 0.295. The van der Waals surface area contributed by atoms with Gasteiger partial charge in [0.05, 0.1) is 23.0 Å². The number of ether oxygens (including phenoxy) is 1. The summed E-state index contributed by atoms with van der Waals surface area (Å²) in [6.45, 7) is 3.31. The highest BCUT2D eigenvalue weighted by Gasteiger charge is 2.27. The Bertz CT molecular complexity index is 475. The molecule has 0 atom stereocenters. The first-order chi connectivity index (χ1) is 7.90. The highest BCUT2D eigenvalue weighted by molar-refractivity contribution is 5.99. The number of hydrogen-bond acceptors (Lipinski definition) is 4. The Morgan fingerprint density at radius 2 is 2.18 bits per heavy atom. The van der Waals surface area contributed by atoms with Gasteiger partial charge >= 0.3 is 0 Å². The highest BCUT2D eigenvalue weighted by atomic mass is 16.5. The van der Waals surface area contributed by atoms with Crippen LogP contribution in [0.2, 0.25) is 0 Å². The third-order valence-corrected chi connectivity index (χ3v) is 2.49. The van der Waals surface area contributed by atoms with E-state index in [1.807, 2.05) is 6.07 Å². The van der Waals surface area contributed by atoms with E-state index in [1.54, 1.807) is 26.0 Å². The molecule has 1 aromatic carbocycles. The number of rotatable bonds is 3. The molecular formula is C12H15N3O2. The number of nitriles is 1. The number of nitrogens with one attached hydrogen (secondary N) is 1. The van der Waals surface area contributed by atoms with Gasteiger partial charge in [0.15, 0.2) is 0 Å². The molecule has 5 heteroatoms. The van der Waals surface area contributed by atoms with Crippen LogP contribution in [0.1, 0.15) is 19.4 Å². The molecule has 1 amide bonds. The second-order valence-corrected chi connectivity index (χ2v) is 4.08. The molecule has 0 heterocycles. The zero-order valence-corrected chi connectivity index (χ0v) is 10.1. The summed E-state index contributed by atoms with van der Waals surface area (Å²) >= 11 is 0. The summed E-state index contributed by atoms with van der Waals surface area (Å²) in [7, 11) is 1.46. The molecule has 5 nitrogen and oxygen atoms in total. The molecule has 1 rings (SSSR count). The van der Waals surface area contributed by atoms with Crippen molar-refractivity contribution in [2.75, 3.05) is 18.2 Å². The van der Waals surface area contributed by atoms with Crippen molar-refractivity contribution in [1.29, 1.82) is 5.26 Å². The lowest BCUT2D eigenvalue weighted by Gasteiger charge is -2.22. The molecule has 0 saturated heterocycles. The number of carbonyl (C=O) groups is 1. The summed E-state index contributed by atoms with van der Waals surface area (Å²) in [5.74, 6) is -0.295. The van der Waals surface area contributed by atoms with Crippen LogP contribution in [-0.4, -0.2) is 18.6 Å². The Hall–Kier alpha value is -2.06. The minimum Gasteiger partial charge on any atom is -0.397 e. The van der Waals surface area contributed by atoms with E-state index in [9.17, 15) is 4.79 Å². The van der Waals surface area contributed by atoms with Gasteiger partial charge in [0.1, 0.15) is 5.60 Å². The SMILES string of the molecule is COC(C)(C)C(=O)Nc1ccc(C#N)cc1N. The predicted octanol–water partition coefficient (Wildman–Crippen LogP) is 1.50. The summed E-state index contributed by atoms with van der Waals surface area (Å²) in [5, 5.41) is 11.3. The van der Waals surface area contributed by atoms with Crippen molar-refractivity contribution < 1.29 is 9.53 Å². The van der Waals surface area contributed by atoms with Gasteiger partial charge in [-0.25, -0.2) is 0 Å².